The van der Waals surface area contributed by atoms with Gasteiger partial charge in [0.05, 0.1) is 0 Å². The normalized spacial score (nSPS) is 17.9. The number of hydrogen-bond donors (Lipinski definition) is 1. The molecule has 4 heteroatoms. The molecule has 1 aliphatic carbocycles. The molecule has 0 spiro atoms. The Morgan fingerprint density at radius 3 is 2.56 bits per heavy atom. The molecule has 0 aromatic carbocycles. The Morgan fingerprint density at radius 2 is 2.00 bits per heavy atom. The second kappa shape index (κ2) is 5.65. The van der Waals surface area contributed by atoms with Crippen molar-refractivity contribution in [3.05, 3.63) is 17.6 Å². The van der Waals surface area contributed by atoms with Gasteiger partial charge in [-0.25, -0.2) is 9.97 Å². The first kappa shape index (κ1) is 13.3. The number of aryl methyl sites for hydroxylation is 1. The molecule has 1 aliphatic rings. The van der Waals surface area contributed by atoms with Crippen LogP contribution < -0.4 is 5.32 Å². The van der Waals surface area contributed by atoms with Crippen LogP contribution in [0.15, 0.2) is 6.07 Å². The standard InChI is InChI=1S/C14H23N3O/c1-4-11-10-12(15-5-2)17-13(16-11)14(18-3)8-6-7-9-14/h10H,4-9H2,1-3H3,(H,15,16,17). The minimum Gasteiger partial charge on any atom is -0.370 e. The lowest BCUT2D eigenvalue weighted by atomic mass is 10.0. The van der Waals surface area contributed by atoms with Crippen molar-refractivity contribution < 1.29 is 4.74 Å². The van der Waals surface area contributed by atoms with Gasteiger partial charge in [-0.1, -0.05) is 6.92 Å². The van der Waals surface area contributed by atoms with Crippen LogP contribution in [0.3, 0.4) is 0 Å². The van der Waals surface area contributed by atoms with Crippen molar-refractivity contribution in [2.24, 2.45) is 0 Å². The van der Waals surface area contributed by atoms with Crippen LogP contribution in [0.4, 0.5) is 5.82 Å². The van der Waals surface area contributed by atoms with Gasteiger partial charge in [0.1, 0.15) is 11.4 Å². The van der Waals surface area contributed by atoms with Gasteiger partial charge in [0, 0.05) is 25.4 Å². The Morgan fingerprint density at radius 1 is 1.28 bits per heavy atom. The van der Waals surface area contributed by atoms with Crippen LogP contribution in [0.2, 0.25) is 0 Å². The molecule has 0 saturated heterocycles. The first-order valence-electron chi connectivity index (χ1n) is 6.91. The molecule has 2 rings (SSSR count). The van der Waals surface area contributed by atoms with Crippen molar-refractivity contribution in [3.63, 3.8) is 0 Å². The van der Waals surface area contributed by atoms with E-state index in [9.17, 15) is 0 Å². The maximum Gasteiger partial charge on any atom is 0.162 e. The van der Waals surface area contributed by atoms with Gasteiger partial charge in [0.15, 0.2) is 5.82 Å². The zero-order valence-electron chi connectivity index (χ0n) is 11.6. The maximum atomic E-state index is 5.76. The Kier molecular flexibility index (Phi) is 4.17. The number of rotatable bonds is 5. The molecule has 1 aromatic rings. The van der Waals surface area contributed by atoms with Crippen LogP contribution in [0.1, 0.15) is 51.0 Å². The number of nitrogens with zero attached hydrogens (tertiary/aromatic N) is 2. The first-order chi connectivity index (χ1) is 8.74. The average Bonchev–Trinajstić information content (AvgIpc) is 2.88. The van der Waals surface area contributed by atoms with E-state index in [2.05, 4.69) is 29.1 Å². The van der Waals surface area contributed by atoms with Crippen molar-refractivity contribution in [1.29, 1.82) is 0 Å². The highest BCUT2D eigenvalue weighted by molar-refractivity contribution is 5.37. The molecule has 1 aromatic heterocycles. The molecule has 1 heterocycles. The Bertz CT molecular complexity index is 400. The topological polar surface area (TPSA) is 47.0 Å². The second-order valence-corrected chi connectivity index (χ2v) is 4.86. The summed E-state index contributed by atoms with van der Waals surface area (Å²) in [5.41, 5.74) is 0.828. The summed E-state index contributed by atoms with van der Waals surface area (Å²) in [7, 11) is 1.78. The van der Waals surface area contributed by atoms with Crippen LogP contribution in [0.25, 0.3) is 0 Å². The van der Waals surface area contributed by atoms with Crippen LogP contribution in [0.5, 0.6) is 0 Å². The molecule has 100 valence electrons. The maximum absolute atomic E-state index is 5.76. The van der Waals surface area contributed by atoms with Gasteiger partial charge in [0.2, 0.25) is 0 Å². The highest BCUT2D eigenvalue weighted by atomic mass is 16.5. The van der Waals surface area contributed by atoms with E-state index >= 15 is 0 Å². The highest BCUT2D eigenvalue weighted by Gasteiger charge is 2.38. The third-order valence-electron chi connectivity index (χ3n) is 3.71. The first-order valence-corrected chi connectivity index (χ1v) is 6.91. The van der Waals surface area contributed by atoms with Crippen molar-refractivity contribution in [2.75, 3.05) is 19.0 Å². The molecule has 0 aliphatic heterocycles. The number of anilines is 1. The van der Waals surface area contributed by atoms with Gasteiger partial charge >= 0.3 is 0 Å². The van der Waals surface area contributed by atoms with Crippen molar-refractivity contribution in [3.8, 4) is 0 Å². The predicted molar refractivity (Wildman–Crippen MR) is 72.7 cm³/mol. The number of ether oxygens (including phenoxy) is 1. The van der Waals surface area contributed by atoms with Crippen LogP contribution in [0, 0.1) is 0 Å². The number of methoxy groups -OCH3 is 1. The van der Waals surface area contributed by atoms with E-state index in [4.69, 9.17) is 4.74 Å². The third kappa shape index (κ3) is 2.48. The summed E-state index contributed by atoms with van der Waals surface area (Å²) in [5.74, 6) is 1.78. The molecule has 0 amide bonds. The summed E-state index contributed by atoms with van der Waals surface area (Å²) < 4.78 is 5.76. The Labute approximate surface area is 109 Å². The lowest BCUT2D eigenvalue weighted by Gasteiger charge is -2.26. The van der Waals surface area contributed by atoms with Gasteiger partial charge < -0.3 is 10.1 Å². The number of aromatic nitrogens is 2. The van der Waals surface area contributed by atoms with Gasteiger partial charge in [-0.3, -0.25) is 0 Å². The van der Waals surface area contributed by atoms with E-state index < -0.39 is 0 Å². The quantitative estimate of drug-likeness (QED) is 0.871. The Hall–Kier alpha value is -1.16. The molecule has 18 heavy (non-hydrogen) atoms. The van der Waals surface area contributed by atoms with Gasteiger partial charge in [0.25, 0.3) is 0 Å². The molecule has 1 N–H and O–H groups in total. The molecule has 0 radical (unpaired) electrons. The SMILES string of the molecule is CCNc1cc(CC)nc(C2(OC)CCCC2)n1. The predicted octanol–water partition coefficient (Wildman–Crippen LogP) is 2.89. The largest absolute Gasteiger partial charge is 0.370 e. The van der Waals surface area contributed by atoms with Crippen LogP contribution in [-0.4, -0.2) is 23.6 Å². The summed E-state index contributed by atoms with van der Waals surface area (Å²) >= 11 is 0. The van der Waals surface area contributed by atoms with E-state index in [1.54, 1.807) is 7.11 Å². The Balaban J connectivity index is 2.38. The molecular formula is C14H23N3O. The van der Waals surface area contributed by atoms with Crippen molar-refractivity contribution in [2.45, 2.75) is 51.6 Å². The fraction of sp³-hybridized carbons (Fsp3) is 0.714. The lowest BCUT2D eigenvalue weighted by molar-refractivity contribution is -0.0163. The molecule has 0 bridgehead atoms. The molecular weight excluding hydrogens is 226 g/mol. The molecule has 1 fully saturated rings. The van der Waals surface area contributed by atoms with E-state index in [1.807, 2.05) is 6.07 Å². The monoisotopic (exact) mass is 249 g/mol. The van der Waals surface area contributed by atoms with Gasteiger partial charge in [-0.15, -0.1) is 0 Å². The average molecular weight is 249 g/mol. The summed E-state index contributed by atoms with van der Waals surface area (Å²) in [4.78, 5) is 9.33. The summed E-state index contributed by atoms with van der Waals surface area (Å²) in [5, 5.41) is 3.28. The van der Waals surface area contributed by atoms with Crippen molar-refractivity contribution >= 4 is 5.82 Å². The van der Waals surface area contributed by atoms with E-state index in [0.29, 0.717) is 0 Å². The fourth-order valence-electron chi connectivity index (χ4n) is 2.62. The van der Waals surface area contributed by atoms with Crippen molar-refractivity contribution in [1.82, 2.24) is 9.97 Å². The van der Waals surface area contributed by atoms with E-state index in [-0.39, 0.29) is 5.60 Å². The smallest absolute Gasteiger partial charge is 0.162 e. The second-order valence-electron chi connectivity index (χ2n) is 4.86. The minimum absolute atomic E-state index is 0.255. The summed E-state index contributed by atoms with van der Waals surface area (Å²) in [6, 6.07) is 2.03. The number of hydrogen-bond acceptors (Lipinski definition) is 4. The van der Waals surface area contributed by atoms with Gasteiger partial charge in [-0.05, 0) is 39.0 Å². The zero-order chi connectivity index (χ0) is 13.0. The molecule has 0 unspecified atom stereocenters. The minimum atomic E-state index is -0.255. The number of nitrogens with one attached hydrogen (secondary N) is 1. The zero-order valence-corrected chi connectivity index (χ0v) is 11.6. The fourth-order valence-corrected chi connectivity index (χ4v) is 2.62. The van der Waals surface area contributed by atoms with E-state index in [1.165, 1.54) is 12.8 Å². The molecule has 4 nitrogen and oxygen atoms in total. The summed E-state index contributed by atoms with van der Waals surface area (Å²) in [6.45, 7) is 5.07. The summed E-state index contributed by atoms with van der Waals surface area (Å²) in [6.07, 6.45) is 5.38. The highest BCUT2D eigenvalue weighted by Crippen LogP contribution is 2.40. The van der Waals surface area contributed by atoms with E-state index in [0.717, 1.165) is 43.1 Å². The molecule has 1 saturated carbocycles. The van der Waals surface area contributed by atoms with Gasteiger partial charge in [-0.2, -0.15) is 0 Å². The third-order valence-corrected chi connectivity index (χ3v) is 3.71. The van der Waals surface area contributed by atoms with Crippen LogP contribution >= 0.6 is 0 Å². The lowest BCUT2D eigenvalue weighted by Crippen LogP contribution is -2.28. The molecule has 0 atom stereocenters. The van der Waals surface area contributed by atoms with Crippen LogP contribution in [-0.2, 0) is 16.8 Å².